The predicted octanol–water partition coefficient (Wildman–Crippen LogP) is 3.19. The number of carbonyl (C=O) groups is 3. The zero-order valence-corrected chi connectivity index (χ0v) is 15.7. The Bertz CT molecular complexity index is 849. The maximum atomic E-state index is 13.6. The molecule has 28 heavy (non-hydrogen) atoms. The third-order valence-corrected chi connectivity index (χ3v) is 4.41. The molecule has 0 saturated carbocycles. The first-order valence-corrected chi connectivity index (χ1v) is 9.30. The summed E-state index contributed by atoms with van der Waals surface area (Å²) in [5, 5.41) is 4.49. The lowest BCUT2D eigenvalue weighted by Crippen LogP contribution is -2.42. The van der Waals surface area contributed by atoms with E-state index in [1.807, 2.05) is 0 Å². The second kappa shape index (κ2) is 10.4. The normalized spacial score (nSPS) is 11.4. The zero-order chi connectivity index (χ0) is 20.5. The molecule has 148 valence electrons. The standard InChI is InChI=1S/C19H18F2N2O4S/c1-2-22-19(26)23-18(25)17(12-6-4-3-5-7-12)27-16(24)11-28-15-10-13(20)8-9-14(15)21/h3-10,17H,2,11H2,1H3,(H2,22,23,25,26)/t17-/m1/s1. The van der Waals surface area contributed by atoms with Crippen molar-refractivity contribution >= 4 is 29.7 Å². The van der Waals surface area contributed by atoms with Crippen molar-refractivity contribution < 1.29 is 27.9 Å². The maximum Gasteiger partial charge on any atom is 0.321 e. The van der Waals surface area contributed by atoms with Gasteiger partial charge in [-0.05, 0) is 25.1 Å². The fraction of sp³-hybridized carbons (Fsp3) is 0.211. The van der Waals surface area contributed by atoms with E-state index in [0.29, 0.717) is 12.1 Å². The quantitative estimate of drug-likeness (QED) is 0.543. The van der Waals surface area contributed by atoms with Crippen molar-refractivity contribution in [2.75, 3.05) is 12.3 Å². The maximum absolute atomic E-state index is 13.6. The highest BCUT2D eigenvalue weighted by Crippen LogP contribution is 2.24. The van der Waals surface area contributed by atoms with Crippen molar-refractivity contribution in [3.63, 3.8) is 0 Å². The molecule has 0 aromatic heterocycles. The van der Waals surface area contributed by atoms with Gasteiger partial charge in [0.1, 0.15) is 11.6 Å². The Morgan fingerprint density at radius 3 is 2.50 bits per heavy atom. The molecule has 0 bridgehead atoms. The molecule has 2 rings (SSSR count). The van der Waals surface area contributed by atoms with Gasteiger partial charge < -0.3 is 10.1 Å². The number of thioether (sulfide) groups is 1. The number of amides is 3. The largest absolute Gasteiger partial charge is 0.447 e. The SMILES string of the molecule is CCNC(=O)NC(=O)[C@H](OC(=O)CSc1cc(F)ccc1F)c1ccccc1. The Morgan fingerprint density at radius 1 is 1.11 bits per heavy atom. The van der Waals surface area contributed by atoms with Gasteiger partial charge in [0.25, 0.3) is 5.91 Å². The highest BCUT2D eigenvalue weighted by molar-refractivity contribution is 8.00. The summed E-state index contributed by atoms with van der Waals surface area (Å²) in [7, 11) is 0. The molecule has 2 aromatic rings. The summed E-state index contributed by atoms with van der Waals surface area (Å²) in [4.78, 5) is 36.1. The molecule has 0 aliphatic heterocycles. The monoisotopic (exact) mass is 408 g/mol. The molecule has 0 spiro atoms. The van der Waals surface area contributed by atoms with Crippen LogP contribution in [0.5, 0.6) is 0 Å². The minimum atomic E-state index is -1.37. The lowest BCUT2D eigenvalue weighted by Gasteiger charge is -2.17. The average molecular weight is 408 g/mol. The number of esters is 1. The van der Waals surface area contributed by atoms with Crippen LogP contribution in [0.15, 0.2) is 53.4 Å². The van der Waals surface area contributed by atoms with Gasteiger partial charge in [-0.25, -0.2) is 13.6 Å². The molecule has 3 amide bonds. The predicted molar refractivity (Wildman–Crippen MR) is 99.6 cm³/mol. The second-order valence-electron chi connectivity index (χ2n) is 5.49. The number of halogens is 2. The molecule has 9 heteroatoms. The Hall–Kier alpha value is -2.94. The Morgan fingerprint density at radius 2 is 1.82 bits per heavy atom. The fourth-order valence-corrected chi connectivity index (χ4v) is 2.92. The van der Waals surface area contributed by atoms with Crippen LogP contribution in [0.4, 0.5) is 13.6 Å². The summed E-state index contributed by atoms with van der Waals surface area (Å²) < 4.78 is 32.1. The first kappa shape index (κ1) is 21.4. The van der Waals surface area contributed by atoms with Gasteiger partial charge in [0.2, 0.25) is 6.10 Å². The van der Waals surface area contributed by atoms with Crippen LogP contribution < -0.4 is 10.6 Å². The van der Waals surface area contributed by atoms with Crippen molar-refractivity contribution in [3.05, 3.63) is 65.7 Å². The van der Waals surface area contributed by atoms with Gasteiger partial charge >= 0.3 is 12.0 Å². The first-order chi connectivity index (χ1) is 13.4. The van der Waals surface area contributed by atoms with Crippen molar-refractivity contribution in [1.82, 2.24) is 10.6 Å². The molecule has 0 radical (unpaired) electrons. The lowest BCUT2D eigenvalue weighted by molar-refractivity contribution is -0.153. The molecular formula is C19H18F2N2O4S. The van der Waals surface area contributed by atoms with Gasteiger partial charge in [-0.3, -0.25) is 14.9 Å². The fourth-order valence-electron chi connectivity index (χ4n) is 2.17. The van der Waals surface area contributed by atoms with E-state index in [1.54, 1.807) is 37.3 Å². The summed E-state index contributed by atoms with van der Waals surface area (Å²) in [6, 6.07) is 10.3. The summed E-state index contributed by atoms with van der Waals surface area (Å²) in [6.07, 6.45) is -1.37. The van der Waals surface area contributed by atoms with Gasteiger partial charge in [0.05, 0.1) is 5.75 Å². The summed E-state index contributed by atoms with van der Waals surface area (Å²) in [6.45, 7) is 1.99. The number of hydrogen-bond donors (Lipinski definition) is 2. The second-order valence-corrected chi connectivity index (χ2v) is 6.51. The van der Waals surface area contributed by atoms with E-state index in [2.05, 4.69) is 10.6 Å². The topological polar surface area (TPSA) is 84.5 Å². The van der Waals surface area contributed by atoms with E-state index in [1.165, 1.54) is 0 Å². The van der Waals surface area contributed by atoms with E-state index in [9.17, 15) is 23.2 Å². The van der Waals surface area contributed by atoms with Gasteiger partial charge in [-0.1, -0.05) is 30.3 Å². The van der Waals surface area contributed by atoms with E-state index >= 15 is 0 Å². The third kappa shape index (κ3) is 6.34. The van der Waals surface area contributed by atoms with Crippen LogP contribution in [0.2, 0.25) is 0 Å². The molecule has 0 heterocycles. The molecule has 1 atom stereocenters. The van der Waals surface area contributed by atoms with Gasteiger partial charge in [-0.2, -0.15) is 0 Å². The van der Waals surface area contributed by atoms with Crippen molar-refractivity contribution in [3.8, 4) is 0 Å². The van der Waals surface area contributed by atoms with Gasteiger partial charge in [0, 0.05) is 17.0 Å². The van der Waals surface area contributed by atoms with Gasteiger partial charge in [-0.15, -0.1) is 11.8 Å². The minimum Gasteiger partial charge on any atom is -0.447 e. The molecule has 0 fully saturated rings. The molecule has 0 unspecified atom stereocenters. The molecule has 6 nitrogen and oxygen atoms in total. The first-order valence-electron chi connectivity index (χ1n) is 8.31. The van der Waals surface area contributed by atoms with Crippen LogP contribution >= 0.6 is 11.8 Å². The minimum absolute atomic E-state index is 0.0556. The van der Waals surface area contributed by atoms with Crippen molar-refractivity contribution in [2.24, 2.45) is 0 Å². The number of rotatable bonds is 7. The van der Waals surface area contributed by atoms with E-state index in [0.717, 1.165) is 30.0 Å². The summed E-state index contributed by atoms with van der Waals surface area (Å²) >= 11 is 0.740. The van der Waals surface area contributed by atoms with Crippen LogP contribution in [0.25, 0.3) is 0 Å². The molecule has 0 saturated heterocycles. The summed E-state index contributed by atoms with van der Waals surface area (Å²) in [5.74, 6) is -3.31. The zero-order valence-electron chi connectivity index (χ0n) is 14.9. The van der Waals surface area contributed by atoms with Crippen LogP contribution in [0.1, 0.15) is 18.6 Å². The van der Waals surface area contributed by atoms with Crippen LogP contribution in [-0.2, 0) is 14.3 Å². The molecular weight excluding hydrogens is 390 g/mol. The number of urea groups is 1. The molecule has 0 aliphatic carbocycles. The Balaban J connectivity index is 2.06. The van der Waals surface area contributed by atoms with Crippen molar-refractivity contribution in [2.45, 2.75) is 17.9 Å². The average Bonchev–Trinajstić information content (AvgIpc) is 2.67. The number of carbonyl (C=O) groups excluding carboxylic acids is 3. The molecule has 2 aromatic carbocycles. The van der Waals surface area contributed by atoms with Crippen LogP contribution in [0, 0.1) is 11.6 Å². The molecule has 0 aliphatic rings. The van der Waals surface area contributed by atoms with E-state index in [-0.39, 0.29) is 10.6 Å². The lowest BCUT2D eigenvalue weighted by atomic mass is 10.1. The number of ether oxygens (including phenoxy) is 1. The van der Waals surface area contributed by atoms with Crippen LogP contribution in [0.3, 0.4) is 0 Å². The highest BCUT2D eigenvalue weighted by Gasteiger charge is 2.26. The smallest absolute Gasteiger partial charge is 0.321 e. The van der Waals surface area contributed by atoms with E-state index in [4.69, 9.17) is 4.74 Å². The summed E-state index contributed by atoms with van der Waals surface area (Å²) in [5.41, 5.74) is 0.361. The van der Waals surface area contributed by atoms with E-state index < -0.39 is 35.6 Å². The third-order valence-electron chi connectivity index (χ3n) is 3.40. The Labute approximate surface area is 164 Å². The number of imide groups is 1. The molecule has 2 N–H and O–H groups in total. The number of hydrogen-bond acceptors (Lipinski definition) is 5. The number of nitrogens with one attached hydrogen (secondary N) is 2. The van der Waals surface area contributed by atoms with Gasteiger partial charge in [0.15, 0.2) is 0 Å². The Kier molecular flexibility index (Phi) is 7.94. The number of benzene rings is 2. The highest BCUT2D eigenvalue weighted by atomic mass is 32.2. The van der Waals surface area contributed by atoms with Crippen molar-refractivity contribution in [1.29, 1.82) is 0 Å². The van der Waals surface area contributed by atoms with Crippen LogP contribution in [-0.4, -0.2) is 30.2 Å².